The molecule has 1 amide bonds. The van der Waals surface area contributed by atoms with Gasteiger partial charge in [-0.3, -0.25) is 9.59 Å². The van der Waals surface area contributed by atoms with Crippen LogP contribution in [0.1, 0.15) is 19.3 Å². The van der Waals surface area contributed by atoms with Crippen LogP contribution < -0.4 is 14.8 Å². The van der Waals surface area contributed by atoms with E-state index in [1.54, 1.807) is 18.2 Å². The van der Waals surface area contributed by atoms with Crippen molar-refractivity contribution >= 4 is 17.6 Å². The summed E-state index contributed by atoms with van der Waals surface area (Å²) >= 11 is 0. The molecule has 0 aromatic heterocycles. The molecule has 0 unspecified atom stereocenters. The Morgan fingerprint density at radius 1 is 1.10 bits per heavy atom. The largest absolute Gasteiger partial charge is 0.486 e. The maximum Gasteiger partial charge on any atom is 0.306 e. The summed E-state index contributed by atoms with van der Waals surface area (Å²) in [6.45, 7) is 1.02. The average Bonchev–Trinajstić information content (AvgIpc) is 2.97. The van der Waals surface area contributed by atoms with Gasteiger partial charge in [-0.05, 0) is 31.4 Å². The van der Waals surface area contributed by atoms with Gasteiger partial charge in [-0.25, -0.2) is 0 Å². The zero-order valence-electron chi connectivity index (χ0n) is 11.5. The molecule has 2 aliphatic rings. The second kappa shape index (κ2) is 5.63. The van der Waals surface area contributed by atoms with Crippen molar-refractivity contribution in [2.45, 2.75) is 19.3 Å². The molecule has 21 heavy (non-hydrogen) atoms. The second-order valence-electron chi connectivity index (χ2n) is 5.39. The van der Waals surface area contributed by atoms with Gasteiger partial charge in [0.15, 0.2) is 11.5 Å². The first-order valence-electron chi connectivity index (χ1n) is 7.07. The number of carbonyl (C=O) groups excluding carboxylic acids is 1. The van der Waals surface area contributed by atoms with E-state index in [0.717, 1.165) is 0 Å². The summed E-state index contributed by atoms with van der Waals surface area (Å²) < 4.78 is 10.9. The third kappa shape index (κ3) is 2.94. The zero-order valence-corrected chi connectivity index (χ0v) is 11.5. The molecule has 0 spiro atoms. The van der Waals surface area contributed by atoms with Gasteiger partial charge >= 0.3 is 5.97 Å². The molecule has 1 fully saturated rings. The molecule has 112 valence electrons. The lowest BCUT2D eigenvalue weighted by molar-refractivity contribution is -0.141. The lowest BCUT2D eigenvalue weighted by Crippen LogP contribution is -2.22. The number of carbonyl (C=O) groups is 2. The number of benzene rings is 1. The number of nitrogens with one attached hydrogen (secondary N) is 1. The van der Waals surface area contributed by atoms with Crippen LogP contribution in [0.4, 0.5) is 5.69 Å². The third-order valence-corrected chi connectivity index (χ3v) is 3.96. The lowest BCUT2D eigenvalue weighted by atomic mass is 10.0. The Hall–Kier alpha value is -2.24. The van der Waals surface area contributed by atoms with Gasteiger partial charge in [0.05, 0.1) is 5.92 Å². The molecule has 3 rings (SSSR count). The molecule has 0 bridgehead atoms. The maximum atomic E-state index is 12.2. The average molecular weight is 291 g/mol. The topological polar surface area (TPSA) is 84.9 Å². The van der Waals surface area contributed by atoms with Crippen molar-refractivity contribution in [2.75, 3.05) is 18.5 Å². The van der Waals surface area contributed by atoms with E-state index in [-0.39, 0.29) is 11.8 Å². The third-order valence-electron chi connectivity index (χ3n) is 3.96. The summed E-state index contributed by atoms with van der Waals surface area (Å²) in [6.07, 6.45) is 1.59. The Bertz CT molecular complexity index is 571. The van der Waals surface area contributed by atoms with E-state index < -0.39 is 11.9 Å². The van der Waals surface area contributed by atoms with E-state index in [1.807, 2.05) is 0 Å². The minimum atomic E-state index is -0.815. The molecule has 1 saturated carbocycles. The fraction of sp³-hybridized carbons (Fsp3) is 0.467. The lowest BCUT2D eigenvalue weighted by Gasteiger charge is -2.19. The summed E-state index contributed by atoms with van der Waals surface area (Å²) in [5.74, 6) is -0.291. The Balaban J connectivity index is 1.64. The van der Waals surface area contributed by atoms with E-state index in [4.69, 9.17) is 14.6 Å². The number of fused-ring (bicyclic) bond motifs is 1. The van der Waals surface area contributed by atoms with Gasteiger partial charge in [-0.2, -0.15) is 0 Å². The Kier molecular flexibility index (Phi) is 3.68. The van der Waals surface area contributed by atoms with E-state index in [0.29, 0.717) is 49.7 Å². The molecule has 2 N–H and O–H groups in total. The number of rotatable bonds is 3. The summed E-state index contributed by atoms with van der Waals surface area (Å²) in [5, 5.41) is 11.8. The molecule has 0 saturated heterocycles. The second-order valence-corrected chi connectivity index (χ2v) is 5.39. The first-order chi connectivity index (χ1) is 10.1. The van der Waals surface area contributed by atoms with Crippen LogP contribution in [0, 0.1) is 11.8 Å². The number of carboxylic acid groups (broad SMARTS) is 1. The predicted molar refractivity (Wildman–Crippen MR) is 74.5 cm³/mol. The fourth-order valence-corrected chi connectivity index (χ4v) is 2.81. The van der Waals surface area contributed by atoms with Crippen LogP contribution >= 0.6 is 0 Å². The van der Waals surface area contributed by atoms with E-state index in [2.05, 4.69) is 5.32 Å². The van der Waals surface area contributed by atoms with Gasteiger partial charge in [-0.1, -0.05) is 0 Å². The number of anilines is 1. The van der Waals surface area contributed by atoms with Crippen LogP contribution in [0.3, 0.4) is 0 Å². The van der Waals surface area contributed by atoms with Crippen LogP contribution in [-0.2, 0) is 9.59 Å². The Labute approximate surface area is 122 Å². The number of aliphatic carboxylic acids is 1. The van der Waals surface area contributed by atoms with E-state index >= 15 is 0 Å². The molecule has 1 aliphatic heterocycles. The van der Waals surface area contributed by atoms with Gasteiger partial charge in [0, 0.05) is 17.7 Å². The molecule has 2 atom stereocenters. The Morgan fingerprint density at radius 2 is 1.81 bits per heavy atom. The molecule has 1 heterocycles. The number of hydrogen-bond donors (Lipinski definition) is 2. The molecule has 6 heteroatoms. The molecule has 1 aromatic rings. The van der Waals surface area contributed by atoms with Gasteiger partial charge < -0.3 is 19.9 Å². The standard InChI is InChI=1S/C15H17NO5/c17-14(9-1-2-10(7-9)15(18)19)16-11-3-4-12-13(8-11)21-6-5-20-12/h3-4,8-10H,1-2,5-7H2,(H,16,17)(H,18,19)/t9-,10+/m1/s1. The minimum Gasteiger partial charge on any atom is -0.486 e. The molecule has 6 nitrogen and oxygen atoms in total. The zero-order chi connectivity index (χ0) is 14.8. The van der Waals surface area contributed by atoms with Crippen LogP contribution in [0.15, 0.2) is 18.2 Å². The highest BCUT2D eigenvalue weighted by atomic mass is 16.6. The highest BCUT2D eigenvalue weighted by Crippen LogP contribution is 2.34. The predicted octanol–water partition coefficient (Wildman–Crippen LogP) is 1.90. The number of ether oxygens (including phenoxy) is 2. The molecular formula is C15H17NO5. The summed E-state index contributed by atoms with van der Waals surface area (Å²) in [7, 11) is 0. The molecule has 1 aliphatic carbocycles. The smallest absolute Gasteiger partial charge is 0.306 e. The van der Waals surface area contributed by atoms with Gasteiger partial charge in [0.1, 0.15) is 13.2 Å². The number of hydrogen-bond acceptors (Lipinski definition) is 4. The van der Waals surface area contributed by atoms with Crippen molar-refractivity contribution in [1.82, 2.24) is 0 Å². The number of amides is 1. The minimum absolute atomic E-state index is 0.129. The van der Waals surface area contributed by atoms with Gasteiger partial charge in [-0.15, -0.1) is 0 Å². The van der Waals surface area contributed by atoms with Gasteiger partial charge in [0.2, 0.25) is 5.91 Å². The van der Waals surface area contributed by atoms with Crippen LogP contribution in [0.25, 0.3) is 0 Å². The fourth-order valence-electron chi connectivity index (χ4n) is 2.81. The monoisotopic (exact) mass is 291 g/mol. The van der Waals surface area contributed by atoms with Crippen molar-refractivity contribution < 1.29 is 24.2 Å². The quantitative estimate of drug-likeness (QED) is 0.888. The number of carboxylic acids is 1. The SMILES string of the molecule is O=C(O)[C@H]1CC[C@@H](C(=O)Nc2ccc3c(c2)OCCO3)C1. The van der Waals surface area contributed by atoms with Crippen molar-refractivity contribution in [2.24, 2.45) is 11.8 Å². The molecule has 0 radical (unpaired) electrons. The Morgan fingerprint density at radius 3 is 2.52 bits per heavy atom. The van der Waals surface area contributed by atoms with E-state index in [1.165, 1.54) is 0 Å². The summed E-state index contributed by atoms with van der Waals surface area (Å²) in [5.41, 5.74) is 0.642. The van der Waals surface area contributed by atoms with Crippen LogP contribution in [0.5, 0.6) is 11.5 Å². The summed E-state index contributed by atoms with van der Waals surface area (Å²) in [6, 6.07) is 5.25. The van der Waals surface area contributed by atoms with Crippen molar-refractivity contribution in [3.05, 3.63) is 18.2 Å². The van der Waals surface area contributed by atoms with E-state index in [9.17, 15) is 9.59 Å². The molecule has 1 aromatic carbocycles. The normalized spacial score (nSPS) is 23.6. The maximum absolute atomic E-state index is 12.2. The molecular weight excluding hydrogens is 274 g/mol. The highest BCUT2D eigenvalue weighted by Gasteiger charge is 2.33. The van der Waals surface area contributed by atoms with Crippen molar-refractivity contribution in [3.63, 3.8) is 0 Å². The first-order valence-corrected chi connectivity index (χ1v) is 7.07. The first kappa shape index (κ1) is 13.7. The van der Waals surface area contributed by atoms with Crippen LogP contribution in [0.2, 0.25) is 0 Å². The highest BCUT2D eigenvalue weighted by molar-refractivity contribution is 5.93. The van der Waals surface area contributed by atoms with Crippen molar-refractivity contribution in [1.29, 1.82) is 0 Å². The summed E-state index contributed by atoms with van der Waals surface area (Å²) in [4.78, 5) is 23.1. The van der Waals surface area contributed by atoms with Crippen molar-refractivity contribution in [3.8, 4) is 11.5 Å². The van der Waals surface area contributed by atoms with Crippen LogP contribution in [-0.4, -0.2) is 30.2 Å². The van der Waals surface area contributed by atoms with Gasteiger partial charge in [0.25, 0.3) is 0 Å².